The predicted octanol–water partition coefficient (Wildman–Crippen LogP) is 2.43. The van der Waals surface area contributed by atoms with Crippen LogP contribution in [0.4, 0.5) is 0 Å². The normalized spacial score (nSPS) is 15.8. The molecule has 82 valence electrons. The fraction of sp³-hybridized carbons (Fsp3) is 0.154. The van der Waals surface area contributed by atoms with Crippen molar-refractivity contribution in [3.8, 4) is 0 Å². The standard InChI is InChI=1S/C13H14N2O/c1-2-8-15-9-11(16)12(13(15)14)10-6-4-3-5-7-10/h2-7,14,16H,1,8-9H2. The summed E-state index contributed by atoms with van der Waals surface area (Å²) in [6.07, 6.45) is 1.73. The molecule has 0 saturated carbocycles. The van der Waals surface area contributed by atoms with Crippen molar-refractivity contribution in [2.24, 2.45) is 0 Å². The van der Waals surface area contributed by atoms with Crippen LogP contribution in [0.25, 0.3) is 5.57 Å². The molecular weight excluding hydrogens is 200 g/mol. The number of nitrogens with one attached hydrogen (secondary N) is 1. The Hall–Kier alpha value is -2.03. The Morgan fingerprint density at radius 2 is 2.06 bits per heavy atom. The molecule has 1 aromatic rings. The van der Waals surface area contributed by atoms with Crippen LogP contribution in [0, 0.1) is 5.41 Å². The molecular formula is C13H14N2O. The van der Waals surface area contributed by atoms with Crippen molar-refractivity contribution < 1.29 is 5.11 Å². The lowest BCUT2D eigenvalue weighted by atomic mass is 10.1. The highest BCUT2D eigenvalue weighted by atomic mass is 16.3. The van der Waals surface area contributed by atoms with Gasteiger partial charge >= 0.3 is 0 Å². The summed E-state index contributed by atoms with van der Waals surface area (Å²) in [6, 6.07) is 9.52. The number of hydrogen-bond acceptors (Lipinski definition) is 2. The van der Waals surface area contributed by atoms with E-state index in [9.17, 15) is 5.11 Å². The Kier molecular flexibility index (Phi) is 2.77. The second-order valence-electron chi connectivity index (χ2n) is 3.71. The van der Waals surface area contributed by atoms with Crippen molar-refractivity contribution >= 4 is 11.4 Å². The van der Waals surface area contributed by atoms with Crippen LogP contribution in [0.5, 0.6) is 0 Å². The third-order valence-electron chi connectivity index (χ3n) is 2.59. The van der Waals surface area contributed by atoms with Crippen LogP contribution in [-0.4, -0.2) is 28.9 Å². The van der Waals surface area contributed by atoms with Gasteiger partial charge in [0.15, 0.2) is 0 Å². The largest absolute Gasteiger partial charge is 0.510 e. The van der Waals surface area contributed by atoms with E-state index in [2.05, 4.69) is 6.58 Å². The molecule has 3 heteroatoms. The second-order valence-corrected chi connectivity index (χ2v) is 3.71. The van der Waals surface area contributed by atoms with E-state index >= 15 is 0 Å². The third-order valence-corrected chi connectivity index (χ3v) is 2.59. The minimum atomic E-state index is 0.262. The topological polar surface area (TPSA) is 47.3 Å². The van der Waals surface area contributed by atoms with Gasteiger partial charge < -0.3 is 10.0 Å². The first-order valence-electron chi connectivity index (χ1n) is 5.16. The molecule has 1 aliphatic rings. The molecule has 2 rings (SSSR count). The van der Waals surface area contributed by atoms with Crippen LogP contribution in [-0.2, 0) is 0 Å². The summed E-state index contributed by atoms with van der Waals surface area (Å²) in [5.74, 6) is 0.627. The molecule has 0 aliphatic carbocycles. The third kappa shape index (κ3) is 1.72. The highest BCUT2D eigenvalue weighted by Crippen LogP contribution is 2.26. The van der Waals surface area contributed by atoms with Crippen LogP contribution in [0.3, 0.4) is 0 Å². The molecule has 0 fully saturated rings. The molecule has 1 aliphatic heterocycles. The lowest BCUT2D eigenvalue weighted by Crippen LogP contribution is -2.26. The fourth-order valence-electron chi connectivity index (χ4n) is 1.85. The predicted molar refractivity (Wildman–Crippen MR) is 65.5 cm³/mol. The van der Waals surface area contributed by atoms with E-state index in [1.54, 1.807) is 11.0 Å². The van der Waals surface area contributed by atoms with Crippen LogP contribution >= 0.6 is 0 Å². The molecule has 0 bridgehead atoms. The van der Waals surface area contributed by atoms with Gasteiger partial charge in [0.2, 0.25) is 0 Å². The van der Waals surface area contributed by atoms with Crippen molar-refractivity contribution in [3.63, 3.8) is 0 Å². The molecule has 0 atom stereocenters. The number of amidine groups is 1. The average Bonchev–Trinajstić information content (AvgIpc) is 2.56. The summed E-state index contributed by atoms with van der Waals surface area (Å²) in [5.41, 5.74) is 1.51. The maximum atomic E-state index is 9.87. The van der Waals surface area contributed by atoms with E-state index < -0.39 is 0 Å². The van der Waals surface area contributed by atoms with E-state index in [4.69, 9.17) is 5.41 Å². The molecule has 0 radical (unpaired) electrons. The number of benzene rings is 1. The van der Waals surface area contributed by atoms with Gasteiger partial charge in [0.05, 0.1) is 12.1 Å². The van der Waals surface area contributed by atoms with E-state index in [-0.39, 0.29) is 5.76 Å². The molecule has 0 amide bonds. The smallest absolute Gasteiger partial charge is 0.132 e. The molecule has 0 unspecified atom stereocenters. The molecule has 0 spiro atoms. The molecule has 0 saturated heterocycles. The van der Waals surface area contributed by atoms with E-state index in [1.165, 1.54) is 0 Å². The lowest BCUT2D eigenvalue weighted by molar-refractivity contribution is 0.362. The van der Waals surface area contributed by atoms with Gasteiger partial charge in [0.25, 0.3) is 0 Å². The monoisotopic (exact) mass is 214 g/mol. The summed E-state index contributed by atoms with van der Waals surface area (Å²) in [5, 5.41) is 17.9. The zero-order valence-corrected chi connectivity index (χ0v) is 8.98. The number of hydrogen-bond donors (Lipinski definition) is 2. The minimum Gasteiger partial charge on any atom is -0.510 e. The van der Waals surface area contributed by atoms with Crippen molar-refractivity contribution in [1.82, 2.24) is 4.90 Å². The van der Waals surface area contributed by atoms with Gasteiger partial charge in [0.1, 0.15) is 11.6 Å². The van der Waals surface area contributed by atoms with E-state index in [1.807, 2.05) is 30.3 Å². The van der Waals surface area contributed by atoms with Crippen LogP contribution in [0.1, 0.15) is 5.56 Å². The van der Waals surface area contributed by atoms with Gasteiger partial charge in [-0.15, -0.1) is 6.58 Å². The maximum absolute atomic E-state index is 9.87. The number of aliphatic hydroxyl groups is 1. The van der Waals surface area contributed by atoms with Gasteiger partial charge in [0, 0.05) is 6.54 Å². The fourth-order valence-corrected chi connectivity index (χ4v) is 1.85. The van der Waals surface area contributed by atoms with Crippen molar-refractivity contribution in [2.75, 3.05) is 13.1 Å². The Morgan fingerprint density at radius 3 is 2.69 bits per heavy atom. The average molecular weight is 214 g/mol. The lowest BCUT2D eigenvalue weighted by Gasteiger charge is -2.15. The zero-order chi connectivity index (χ0) is 11.5. The van der Waals surface area contributed by atoms with Gasteiger partial charge in [-0.2, -0.15) is 0 Å². The van der Waals surface area contributed by atoms with Crippen molar-refractivity contribution in [2.45, 2.75) is 0 Å². The first-order chi connectivity index (χ1) is 7.74. The highest BCUT2D eigenvalue weighted by molar-refractivity contribution is 6.23. The van der Waals surface area contributed by atoms with E-state index in [0.717, 1.165) is 5.56 Å². The summed E-state index contributed by atoms with van der Waals surface area (Å²) < 4.78 is 0. The highest BCUT2D eigenvalue weighted by Gasteiger charge is 2.26. The molecule has 1 heterocycles. The quantitative estimate of drug-likeness (QED) is 0.759. The molecule has 3 nitrogen and oxygen atoms in total. The SMILES string of the molecule is C=CCN1CC(O)=C(c2ccccc2)C1=N. The summed E-state index contributed by atoms with van der Waals surface area (Å²) in [6.45, 7) is 4.62. The molecule has 0 aromatic heterocycles. The number of nitrogens with zero attached hydrogens (tertiary/aromatic N) is 1. The van der Waals surface area contributed by atoms with Crippen LogP contribution in [0.15, 0.2) is 48.7 Å². The first-order valence-corrected chi connectivity index (χ1v) is 5.16. The Balaban J connectivity index is 2.32. The van der Waals surface area contributed by atoms with Crippen LogP contribution < -0.4 is 0 Å². The summed E-state index contributed by atoms with van der Waals surface area (Å²) in [4.78, 5) is 1.78. The second kappa shape index (κ2) is 4.23. The molecule has 16 heavy (non-hydrogen) atoms. The summed E-state index contributed by atoms with van der Waals surface area (Å²) >= 11 is 0. The first kappa shape index (κ1) is 10.5. The van der Waals surface area contributed by atoms with Gasteiger partial charge in [-0.1, -0.05) is 36.4 Å². The summed E-state index contributed by atoms with van der Waals surface area (Å²) in [7, 11) is 0. The minimum absolute atomic E-state index is 0.262. The Bertz CT molecular complexity index is 448. The number of rotatable bonds is 3. The zero-order valence-electron chi connectivity index (χ0n) is 8.98. The maximum Gasteiger partial charge on any atom is 0.132 e. The van der Waals surface area contributed by atoms with Crippen molar-refractivity contribution in [1.29, 1.82) is 5.41 Å². The Labute approximate surface area is 94.8 Å². The molecule has 1 aromatic carbocycles. The van der Waals surface area contributed by atoms with Crippen molar-refractivity contribution in [3.05, 3.63) is 54.3 Å². The Morgan fingerprint density at radius 1 is 1.38 bits per heavy atom. The van der Waals surface area contributed by atoms with Gasteiger partial charge in [-0.25, -0.2) is 0 Å². The molecule has 2 N–H and O–H groups in total. The van der Waals surface area contributed by atoms with Gasteiger partial charge in [-0.05, 0) is 5.56 Å². The number of aliphatic hydroxyl groups excluding tert-OH is 1. The van der Waals surface area contributed by atoms with E-state index in [0.29, 0.717) is 24.5 Å². The van der Waals surface area contributed by atoms with Crippen LogP contribution in [0.2, 0.25) is 0 Å². The van der Waals surface area contributed by atoms with Gasteiger partial charge in [-0.3, -0.25) is 5.41 Å².